The normalized spacial score (nSPS) is 15.7. The van der Waals surface area contributed by atoms with Gasteiger partial charge < -0.3 is 5.32 Å². The SMILES string of the molecule is O=C(CCN1C(=O)/C(=C\c2ccccc2Cl)SC1=S)Nc1ccccc1C(F)(F)F. The van der Waals surface area contributed by atoms with Crippen LogP contribution in [0, 0.1) is 0 Å². The van der Waals surface area contributed by atoms with Crippen molar-refractivity contribution in [3.63, 3.8) is 0 Å². The summed E-state index contributed by atoms with van der Waals surface area (Å²) < 4.78 is 39.4. The Morgan fingerprint density at radius 2 is 1.83 bits per heavy atom. The lowest BCUT2D eigenvalue weighted by Crippen LogP contribution is -2.31. The third-order valence-corrected chi connectivity index (χ3v) is 5.86. The number of halogens is 4. The molecule has 0 saturated carbocycles. The predicted octanol–water partition coefficient (Wildman–Crippen LogP) is 5.59. The van der Waals surface area contributed by atoms with Crippen LogP contribution in [0.4, 0.5) is 18.9 Å². The number of para-hydroxylation sites is 1. The van der Waals surface area contributed by atoms with Gasteiger partial charge in [0.2, 0.25) is 5.91 Å². The van der Waals surface area contributed by atoms with E-state index in [1.54, 1.807) is 30.3 Å². The number of anilines is 1. The lowest BCUT2D eigenvalue weighted by molar-refractivity contribution is -0.137. The Balaban J connectivity index is 1.65. The fraction of sp³-hybridized carbons (Fsp3) is 0.150. The maximum Gasteiger partial charge on any atom is 0.418 e. The highest BCUT2D eigenvalue weighted by Gasteiger charge is 2.34. The molecule has 2 amide bonds. The Hall–Kier alpha value is -2.36. The Kier molecular flexibility index (Phi) is 6.84. The summed E-state index contributed by atoms with van der Waals surface area (Å²) in [5.74, 6) is -1.04. The average molecular weight is 471 g/mol. The van der Waals surface area contributed by atoms with Crippen LogP contribution in [-0.4, -0.2) is 27.6 Å². The number of benzene rings is 2. The maximum absolute atomic E-state index is 13.0. The summed E-state index contributed by atoms with van der Waals surface area (Å²) in [5.41, 5.74) is -0.619. The Morgan fingerprint density at radius 3 is 2.53 bits per heavy atom. The number of alkyl halides is 3. The minimum atomic E-state index is -4.59. The standard InChI is InChI=1S/C20H14ClF3N2O2S2/c21-14-7-3-1-5-12(14)11-16-18(28)26(19(29)30-16)10-9-17(27)25-15-8-4-2-6-13(15)20(22,23)24/h1-8,11H,9-10H2,(H,25,27)/b16-11+. The van der Waals surface area contributed by atoms with Gasteiger partial charge in [0.05, 0.1) is 16.2 Å². The van der Waals surface area contributed by atoms with Crippen molar-refractivity contribution in [2.75, 3.05) is 11.9 Å². The van der Waals surface area contributed by atoms with Crippen molar-refractivity contribution in [2.24, 2.45) is 0 Å². The Morgan fingerprint density at radius 1 is 1.17 bits per heavy atom. The molecule has 0 aromatic heterocycles. The van der Waals surface area contributed by atoms with E-state index in [-0.39, 0.29) is 28.9 Å². The second-order valence-corrected chi connectivity index (χ2v) is 8.28. The maximum atomic E-state index is 13.0. The number of rotatable bonds is 5. The van der Waals surface area contributed by atoms with Crippen molar-refractivity contribution in [2.45, 2.75) is 12.6 Å². The predicted molar refractivity (Wildman–Crippen MR) is 116 cm³/mol. The highest BCUT2D eigenvalue weighted by molar-refractivity contribution is 8.26. The molecule has 1 saturated heterocycles. The fourth-order valence-corrected chi connectivity index (χ4v) is 4.18. The zero-order valence-corrected chi connectivity index (χ0v) is 17.6. The smallest absolute Gasteiger partial charge is 0.325 e. The molecule has 3 rings (SSSR count). The van der Waals surface area contributed by atoms with E-state index < -0.39 is 17.6 Å². The van der Waals surface area contributed by atoms with Crippen molar-refractivity contribution >= 4 is 63.5 Å². The van der Waals surface area contributed by atoms with Crippen molar-refractivity contribution in [3.05, 3.63) is 69.6 Å². The van der Waals surface area contributed by atoms with Gasteiger partial charge in [-0.1, -0.05) is 65.9 Å². The molecule has 30 heavy (non-hydrogen) atoms. The highest BCUT2D eigenvalue weighted by atomic mass is 35.5. The van der Waals surface area contributed by atoms with Crippen LogP contribution in [0.15, 0.2) is 53.4 Å². The molecule has 1 fully saturated rings. The summed E-state index contributed by atoms with van der Waals surface area (Å²) >= 11 is 12.4. The zero-order chi connectivity index (χ0) is 21.9. The largest absolute Gasteiger partial charge is 0.418 e. The molecule has 0 aliphatic carbocycles. The monoisotopic (exact) mass is 470 g/mol. The lowest BCUT2D eigenvalue weighted by atomic mass is 10.1. The van der Waals surface area contributed by atoms with E-state index in [0.29, 0.717) is 15.5 Å². The second-order valence-electron chi connectivity index (χ2n) is 6.20. The number of nitrogens with zero attached hydrogens (tertiary/aromatic N) is 1. The van der Waals surface area contributed by atoms with Gasteiger partial charge in [-0.3, -0.25) is 14.5 Å². The van der Waals surface area contributed by atoms with Crippen LogP contribution in [0.2, 0.25) is 5.02 Å². The first-order valence-electron chi connectivity index (χ1n) is 8.63. The first-order valence-corrected chi connectivity index (χ1v) is 10.2. The summed E-state index contributed by atoms with van der Waals surface area (Å²) in [4.78, 5) is 26.4. The third-order valence-electron chi connectivity index (χ3n) is 4.13. The van der Waals surface area contributed by atoms with Gasteiger partial charge in [0.15, 0.2) is 0 Å². The van der Waals surface area contributed by atoms with E-state index in [1.807, 2.05) is 0 Å². The molecule has 156 valence electrons. The van der Waals surface area contributed by atoms with Gasteiger partial charge in [-0.05, 0) is 29.8 Å². The molecule has 1 N–H and O–H groups in total. The number of hydrogen-bond acceptors (Lipinski definition) is 4. The van der Waals surface area contributed by atoms with Crippen LogP contribution in [-0.2, 0) is 15.8 Å². The summed E-state index contributed by atoms with van der Waals surface area (Å²) in [6.45, 7) is -0.0510. The molecule has 0 radical (unpaired) electrons. The molecule has 1 aliphatic heterocycles. The molecular weight excluding hydrogens is 457 g/mol. The number of hydrogen-bond donors (Lipinski definition) is 1. The van der Waals surface area contributed by atoms with Gasteiger partial charge in [-0.2, -0.15) is 13.2 Å². The number of carbonyl (C=O) groups excluding carboxylic acids is 2. The number of thioether (sulfide) groups is 1. The molecular formula is C20H14ClF3N2O2S2. The van der Waals surface area contributed by atoms with Crippen LogP contribution in [0.25, 0.3) is 6.08 Å². The molecule has 1 heterocycles. The van der Waals surface area contributed by atoms with E-state index in [2.05, 4.69) is 5.32 Å². The van der Waals surface area contributed by atoms with E-state index in [0.717, 1.165) is 17.8 Å². The summed E-state index contributed by atoms with van der Waals surface area (Å²) in [6.07, 6.45) is -3.19. The van der Waals surface area contributed by atoms with E-state index in [4.69, 9.17) is 23.8 Å². The van der Waals surface area contributed by atoms with Crippen molar-refractivity contribution in [1.29, 1.82) is 0 Å². The fourth-order valence-electron chi connectivity index (χ4n) is 2.69. The van der Waals surface area contributed by atoms with Crippen molar-refractivity contribution < 1.29 is 22.8 Å². The molecule has 2 aromatic carbocycles. The van der Waals surface area contributed by atoms with Crippen molar-refractivity contribution in [1.82, 2.24) is 4.90 Å². The first-order chi connectivity index (χ1) is 14.2. The minimum Gasteiger partial charge on any atom is -0.325 e. The van der Waals surface area contributed by atoms with Gasteiger partial charge in [0, 0.05) is 18.0 Å². The number of nitrogens with one attached hydrogen (secondary N) is 1. The summed E-state index contributed by atoms with van der Waals surface area (Å²) in [7, 11) is 0. The molecule has 0 spiro atoms. The Bertz CT molecular complexity index is 1040. The third kappa shape index (κ3) is 5.21. The molecule has 1 aliphatic rings. The highest BCUT2D eigenvalue weighted by Crippen LogP contribution is 2.35. The second kappa shape index (κ2) is 9.20. The molecule has 0 unspecified atom stereocenters. The van der Waals surface area contributed by atoms with Crippen LogP contribution in [0.5, 0.6) is 0 Å². The molecule has 4 nitrogen and oxygen atoms in total. The van der Waals surface area contributed by atoms with Gasteiger partial charge in [-0.15, -0.1) is 0 Å². The number of carbonyl (C=O) groups is 2. The summed E-state index contributed by atoms with van der Waals surface area (Å²) in [5, 5.41) is 2.73. The summed E-state index contributed by atoms with van der Waals surface area (Å²) in [6, 6.07) is 11.7. The van der Waals surface area contributed by atoms with Crippen molar-refractivity contribution in [3.8, 4) is 0 Å². The topological polar surface area (TPSA) is 49.4 Å². The average Bonchev–Trinajstić information content (AvgIpc) is 2.94. The lowest BCUT2D eigenvalue weighted by Gasteiger charge is -2.16. The van der Waals surface area contributed by atoms with Gasteiger partial charge in [-0.25, -0.2) is 0 Å². The van der Waals surface area contributed by atoms with Gasteiger partial charge >= 0.3 is 6.18 Å². The van der Waals surface area contributed by atoms with Crippen LogP contribution >= 0.6 is 35.6 Å². The van der Waals surface area contributed by atoms with Crippen LogP contribution in [0.1, 0.15) is 17.5 Å². The zero-order valence-electron chi connectivity index (χ0n) is 15.2. The molecule has 0 atom stereocenters. The van der Waals surface area contributed by atoms with E-state index in [1.165, 1.54) is 23.1 Å². The van der Waals surface area contributed by atoms with E-state index in [9.17, 15) is 22.8 Å². The molecule has 10 heteroatoms. The van der Waals surface area contributed by atoms with E-state index >= 15 is 0 Å². The van der Waals surface area contributed by atoms with Gasteiger partial charge in [0.25, 0.3) is 5.91 Å². The number of thiocarbonyl (C=S) groups is 1. The van der Waals surface area contributed by atoms with Crippen LogP contribution < -0.4 is 5.32 Å². The van der Waals surface area contributed by atoms with Gasteiger partial charge in [0.1, 0.15) is 4.32 Å². The minimum absolute atomic E-state index is 0.0510. The number of amides is 2. The quantitative estimate of drug-likeness (QED) is 0.457. The molecule has 0 bridgehead atoms. The first kappa shape index (κ1) is 22.3. The molecule has 2 aromatic rings. The Labute approximate surface area is 185 Å². The van der Waals surface area contributed by atoms with Crippen LogP contribution in [0.3, 0.4) is 0 Å².